The second kappa shape index (κ2) is 6.31. The van der Waals surface area contributed by atoms with Gasteiger partial charge in [-0.1, -0.05) is 20.8 Å². The van der Waals surface area contributed by atoms with E-state index in [1.807, 2.05) is 6.92 Å². The lowest BCUT2D eigenvalue weighted by atomic mass is 10.2. The number of hydrogen-bond acceptors (Lipinski definition) is 3. The number of aldehydes is 1. The predicted molar refractivity (Wildman–Crippen MR) is 44.1 cm³/mol. The first-order chi connectivity index (χ1) is 5.20. The minimum Gasteiger partial charge on any atom is -0.300 e. The Bertz CT molecular complexity index is 104. The summed E-state index contributed by atoms with van der Waals surface area (Å²) >= 11 is 0. The number of hydrogen-bond donors (Lipinski definition) is 1. The van der Waals surface area contributed by atoms with Crippen LogP contribution in [0.1, 0.15) is 27.2 Å². The van der Waals surface area contributed by atoms with Crippen molar-refractivity contribution in [3.05, 3.63) is 0 Å². The molecule has 0 aliphatic heterocycles. The number of hydroxylamine groups is 1. The van der Waals surface area contributed by atoms with Crippen molar-refractivity contribution in [2.75, 3.05) is 6.54 Å². The molecule has 0 spiro atoms. The summed E-state index contributed by atoms with van der Waals surface area (Å²) in [6.07, 6.45) is 1.23. The first kappa shape index (κ1) is 10.6. The molecule has 0 radical (unpaired) electrons. The third kappa shape index (κ3) is 6.01. The van der Waals surface area contributed by atoms with E-state index in [2.05, 4.69) is 19.3 Å². The second-order valence-corrected chi connectivity index (χ2v) is 2.94. The van der Waals surface area contributed by atoms with E-state index in [1.165, 1.54) is 0 Å². The molecule has 0 aromatic rings. The summed E-state index contributed by atoms with van der Waals surface area (Å²) in [4.78, 5) is 15.3. The zero-order valence-electron chi connectivity index (χ0n) is 7.46. The van der Waals surface area contributed by atoms with E-state index in [4.69, 9.17) is 4.84 Å². The van der Waals surface area contributed by atoms with E-state index in [0.717, 1.165) is 12.8 Å². The minimum atomic E-state index is -0.297. The molecule has 0 aliphatic carbocycles. The third-order valence-electron chi connectivity index (χ3n) is 1.28. The lowest BCUT2D eigenvalue weighted by Crippen LogP contribution is -2.27. The first-order valence-electron chi connectivity index (χ1n) is 4.04. The van der Waals surface area contributed by atoms with Crippen molar-refractivity contribution in [3.63, 3.8) is 0 Å². The molecule has 0 aliphatic rings. The van der Waals surface area contributed by atoms with Crippen molar-refractivity contribution in [2.45, 2.75) is 33.3 Å². The van der Waals surface area contributed by atoms with Gasteiger partial charge in [0.25, 0.3) is 0 Å². The Balaban J connectivity index is 3.28. The Kier molecular flexibility index (Phi) is 6.07. The standard InChI is InChI=1S/C8H17NO2/c1-4-8(6-10)11-9-5-7(2)3/h6-9H,4-5H2,1-3H3. The van der Waals surface area contributed by atoms with Crippen LogP contribution in [0.25, 0.3) is 0 Å². The van der Waals surface area contributed by atoms with E-state index in [9.17, 15) is 4.79 Å². The summed E-state index contributed by atoms with van der Waals surface area (Å²) in [7, 11) is 0. The van der Waals surface area contributed by atoms with E-state index in [0.29, 0.717) is 12.3 Å². The molecule has 0 heterocycles. The van der Waals surface area contributed by atoms with E-state index < -0.39 is 0 Å². The van der Waals surface area contributed by atoms with Gasteiger partial charge in [0.2, 0.25) is 0 Å². The number of rotatable bonds is 6. The molecule has 11 heavy (non-hydrogen) atoms. The zero-order valence-corrected chi connectivity index (χ0v) is 7.46. The monoisotopic (exact) mass is 159 g/mol. The fraction of sp³-hybridized carbons (Fsp3) is 0.875. The van der Waals surface area contributed by atoms with Gasteiger partial charge in [-0.3, -0.25) is 4.84 Å². The predicted octanol–water partition coefficient (Wildman–Crippen LogP) is 1.14. The summed E-state index contributed by atoms with van der Waals surface area (Å²) in [5.74, 6) is 0.541. The Morgan fingerprint density at radius 1 is 1.55 bits per heavy atom. The molecule has 1 N–H and O–H groups in total. The highest BCUT2D eigenvalue weighted by Gasteiger charge is 2.03. The molecular weight excluding hydrogens is 142 g/mol. The summed E-state index contributed by atoms with van der Waals surface area (Å²) in [6, 6.07) is 0. The quantitative estimate of drug-likeness (QED) is 0.466. The average molecular weight is 159 g/mol. The van der Waals surface area contributed by atoms with Crippen molar-refractivity contribution in [3.8, 4) is 0 Å². The number of carbonyl (C=O) groups excluding carboxylic acids is 1. The zero-order chi connectivity index (χ0) is 8.69. The van der Waals surface area contributed by atoms with Crippen LogP contribution in [0.4, 0.5) is 0 Å². The first-order valence-corrected chi connectivity index (χ1v) is 4.04. The maximum absolute atomic E-state index is 10.2. The van der Waals surface area contributed by atoms with Gasteiger partial charge in [-0.25, -0.2) is 5.48 Å². The van der Waals surface area contributed by atoms with Gasteiger partial charge in [0.1, 0.15) is 6.10 Å². The minimum absolute atomic E-state index is 0.297. The van der Waals surface area contributed by atoms with Crippen LogP contribution in [-0.2, 0) is 9.63 Å². The molecule has 0 fully saturated rings. The fourth-order valence-corrected chi connectivity index (χ4v) is 0.529. The number of nitrogens with one attached hydrogen (secondary N) is 1. The lowest BCUT2D eigenvalue weighted by Gasteiger charge is -2.11. The molecule has 1 unspecified atom stereocenters. The van der Waals surface area contributed by atoms with Gasteiger partial charge >= 0.3 is 0 Å². The Morgan fingerprint density at radius 2 is 2.18 bits per heavy atom. The maximum atomic E-state index is 10.2. The Labute approximate surface area is 68.1 Å². The Morgan fingerprint density at radius 3 is 2.55 bits per heavy atom. The van der Waals surface area contributed by atoms with Crippen LogP contribution in [0.3, 0.4) is 0 Å². The van der Waals surface area contributed by atoms with Gasteiger partial charge in [0.15, 0.2) is 6.29 Å². The summed E-state index contributed by atoms with van der Waals surface area (Å²) in [5.41, 5.74) is 2.76. The Hall–Kier alpha value is -0.410. The molecule has 0 saturated carbocycles. The highest BCUT2D eigenvalue weighted by molar-refractivity contribution is 5.55. The van der Waals surface area contributed by atoms with Crippen LogP contribution in [-0.4, -0.2) is 18.9 Å². The molecule has 3 nitrogen and oxygen atoms in total. The molecular formula is C8H17NO2. The van der Waals surface area contributed by atoms with Crippen LogP contribution >= 0.6 is 0 Å². The molecule has 0 aromatic heterocycles. The summed E-state index contributed by atoms with van der Waals surface area (Å²) < 4.78 is 0. The molecule has 0 aromatic carbocycles. The van der Waals surface area contributed by atoms with Crippen molar-refractivity contribution < 1.29 is 9.63 Å². The maximum Gasteiger partial charge on any atom is 0.150 e. The van der Waals surface area contributed by atoms with Crippen molar-refractivity contribution in [1.29, 1.82) is 0 Å². The van der Waals surface area contributed by atoms with Crippen LogP contribution in [0.2, 0.25) is 0 Å². The van der Waals surface area contributed by atoms with Gasteiger partial charge in [0.05, 0.1) is 0 Å². The van der Waals surface area contributed by atoms with Crippen LogP contribution in [0.15, 0.2) is 0 Å². The molecule has 0 amide bonds. The van der Waals surface area contributed by atoms with Gasteiger partial charge in [-0.15, -0.1) is 0 Å². The van der Waals surface area contributed by atoms with Crippen LogP contribution < -0.4 is 5.48 Å². The van der Waals surface area contributed by atoms with Crippen molar-refractivity contribution in [1.82, 2.24) is 5.48 Å². The average Bonchev–Trinajstić information content (AvgIpc) is 1.98. The van der Waals surface area contributed by atoms with Gasteiger partial charge in [-0.2, -0.15) is 0 Å². The second-order valence-electron chi connectivity index (χ2n) is 2.94. The van der Waals surface area contributed by atoms with Gasteiger partial charge in [-0.05, 0) is 12.3 Å². The highest BCUT2D eigenvalue weighted by atomic mass is 16.7. The molecule has 0 saturated heterocycles. The van der Waals surface area contributed by atoms with Crippen LogP contribution in [0, 0.1) is 5.92 Å². The van der Waals surface area contributed by atoms with Crippen LogP contribution in [0.5, 0.6) is 0 Å². The molecule has 1 atom stereocenters. The molecule has 66 valence electrons. The number of carbonyl (C=O) groups is 1. The topological polar surface area (TPSA) is 38.3 Å². The van der Waals surface area contributed by atoms with Gasteiger partial charge in [0, 0.05) is 6.54 Å². The highest BCUT2D eigenvalue weighted by Crippen LogP contribution is 1.92. The smallest absolute Gasteiger partial charge is 0.150 e. The largest absolute Gasteiger partial charge is 0.300 e. The molecule has 3 heteroatoms. The summed E-state index contributed by atoms with van der Waals surface area (Å²) in [6.45, 7) is 6.86. The molecule has 0 rings (SSSR count). The van der Waals surface area contributed by atoms with E-state index in [-0.39, 0.29) is 6.10 Å². The van der Waals surface area contributed by atoms with Crippen molar-refractivity contribution in [2.24, 2.45) is 5.92 Å². The summed E-state index contributed by atoms with van der Waals surface area (Å²) in [5, 5.41) is 0. The van der Waals surface area contributed by atoms with Gasteiger partial charge < -0.3 is 4.79 Å². The van der Waals surface area contributed by atoms with Crippen molar-refractivity contribution >= 4 is 6.29 Å². The lowest BCUT2D eigenvalue weighted by molar-refractivity contribution is -0.123. The van der Waals surface area contributed by atoms with E-state index >= 15 is 0 Å². The van der Waals surface area contributed by atoms with E-state index in [1.54, 1.807) is 0 Å². The SMILES string of the molecule is CCC(C=O)ONCC(C)C. The normalized spacial score (nSPS) is 13.5. The molecule has 0 bridgehead atoms. The fourth-order valence-electron chi connectivity index (χ4n) is 0.529. The third-order valence-corrected chi connectivity index (χ3v) is 1.28.